The highest BCUT2D eigenvalue weighted by Gasteiger charge is 2.35. The molecule has 1 N–H and O–H groups in total. The number of nitrogens with one attached hydrogen (secondary N) is 1. The van der Waals surface area contributed by atoms with Gasteiger partial charge in [0, 0.05) is 25.2 Å². The number of carbonyl (C=O) groups excluding carboxylic acids is 2. The van der Waals surface area contributed by atoms with Gasteiger partial charge in [0.2, 0.25) is 11.8 Å². The smallest absolute Gasteiger partial charge is 0.295 e. The Bertz CT molecular complexity index is 1950. The normalized spacial score (nSPS) is 14.5. The third-order valence-corrected chi connectivity index (χ3v) is 10.6. The van der Waals surface area contributed by atoms with Gasteiger partial charge in [-0.25, -0.2) is 13.1 Å². The molecule has 1 aliphatic carbocycles. The van der Waals surface area contributed by atoms with Crippen LogP contribution in [0.25, 0.3) is 5.69 Å². The molecule has 2 heterocycles. The van der Waals surface area contributed by atoms with Crippen LogP contribution in [0.3, 0.4) is 0 Å². The quantitative estimate of drug-likeness (QED) is 0.273. The van der Waals surface area contributed by atoms with Crippen molar-refractivity contribution in [3.05, 3.63) is 94.4 Å². The number of amides is 2. The first-order valence-electron chi connectivity index (χ1n) is 15.4. The number of fused-ring (bicyclic) bond motifs is 1. The number of hydrogen-bond acceptors (Lipinski definition) is 6. The van der Waals surface area contributed by atoms with Crippen molar-refractivity contribution in [2.75, 3.05) is 34.2 Å². The molecule has 0 radical (unpaired) electrons. The first-order chi connectivity index (χ1) is 22.1. The summed E-state index contributed by atoms with van der Waals surface area (Å²) in [5, 5.41) is 2.68. The Balaban J connectivity index is 1.33. The van der Waals surface area contributed by atoms with E-state index in [-0.39, 0.29) is 28.1 Å². The molecule has 240 valence electrons. The van der Waals surface area contributed by atoms with Crippen molar-refractivity contribution in [1.29, 1.82) is 0 Å². The lowest BCUT2D eigenvalue weighted by Gasteiger charge is -2.30. The van der Waals surface area contributed by atoms with Crippen molar-refractivity contribution in [2.45, 2.75) is 44.4 Å². The predicted octanol–water partition coefficient (Wildman–Crippen LogP) is 4.41. The van der Waals surface area contributed by atoms with Crippen LogP contribution in [0, 0.1) is 12.8 Å². The number of aromatic nitrogens is 2. The van der Waals surface area contributed by atoms with E-state index >= 15 is 0 Å². The molecule has 11 nitrogen and oxygen atoms in total. The fourth-order valence-electron chi connectivity index (χ4n) is 5.96. The van der Waals surface area contributed by atoms with Crippen LogP contribution >= 0.6 is 0 Å². The van der Waals surface area contributed by atoms with Crippen molar-refractivity contribution in [2.24, 2.45) is 13.0 Å². The molecule has 0 unspecified atom stereocenters. The van der Waals surface area contributed by atoms with Crippen molar-refractivity contribution in [1.82, 2.24) is 9.36 Å². The highest BCUT2D eigenvalue weighted by molar-refractivity contribution is 7.92. The highest BCUT2D eigenvalue weighted by atomic mass is 32.2. The van der Waals surface area contributed by atoms with Gasteiger partial charge in [-0.1, -0.05) is 30.7 Å². The van der Waals surface area contributed by atoms with E-state index in [4.69, 9.17) is 4.74 Å². The number of carbonyl (C=O) groups is 2. The number of benzene rings is 3. The second-order valence-corrected chi connectivity index (χ2v) is 13.4. The van der Waals surface area contributed by atoms with Gasteiger partial charge in [0.15, 0.2) is 0 Å². The largest absolute Gasteiger partial charge is 0.494 e. The van der Waals surface area contributed by atoms with Crippen LogP contribution in [0.5, 0.6) is 5.75 Å². The molecule has 2 aliphatic rings. The molecule has 3 aromatic carbocycles. The lowest BCUT2D eigenvalue weighted by Crippen LogP contribution is -2.39. The Kier molecular flexibility index (Phi) is 8.47. The zero-order valence-corrected chi connectivity index (χ0v) is 26.9. The Morgan fingerprint density at radius 2 is 1.74 bits per heavy atom. The molecule has 0 spiro atoms. The summed E-state index contributed by atoms with van der Waals surface area (Å²) in [6, 6.07) is 20.2. The van der Waals surface area contributed by atoms with E-state index in [0.717, 1.165) is 29.1 Å². The molecule has 0 saturated heterocycles. The van der Waals surface area contributed by atoms with Crippen LogP contribution in [-0.2, 0) is 33.1 Å². The zero-order valence-electron chi connectivity index (χ0n) is 26.1. The van der Waals surface area contributed by atoms with Gasteiger partial charge in [-0.3, -0.25) is 23.4 Å². The van der Waals surface area contributed by atoms with E-state index in [0.29, 0.717) is 42.4 Å². The lowest BCUT2D eigenvalue weighted by atomic mass is 9.84. The summed E-state index contributed by atoms with van der Waals surface area (Å²) in [6.07, 6.45) is 3.37. The average molecular weight is 644 g/mol. The molecule has 12 heteroatoms. The number of nitrogens with zero attached hydrogens (tertiary/aromatic N) is 4. The van der Waals surface area contributed by atoms with E-state index in [9.17, 15) is 22.8 Å². The molecule has 1 fully saturated rings. The molecule has 6 rings (SSSR count). The number of anilines is 3. The van der Waals surface area contributed by atoms with Gasteiger partial charge < -0.3 is 15.0 Å². The molecular weight excluding hydrogens is 606 g/mol. The lowest BCUT2D eigenvalue weighted by molar-refractivity contribution is -0.124. The third kappa shape index (κ3) is 5.68. The maximum absolute atomic E-state index is 14.3. The minimum Gasteiger partial charge on any atom is -0.494 e. The maximum atomic E-state index is 14.3. The van der Waals surface area contributed by atoms with E-state index < -0.39 is 28.0 Å². The van der Waals surface area contributed by atoms with Gasteiger partial charge in [0.25, 0.3) is 15.6 Å². The zero-order chi connectivity index (χ0) is 32.6. The first-order valence-corrected chi connectivity index (χ1v) is 16.9. The molecule has 46 heavy (non-hydrogen) atoms. The Morgan fingerprint density at radius 1 is 1.02 bits per heavy atom. The molecule has 1 aliphatic heterocycles. The van der Waals surface area contributed by atoms with Gasteiger partial charge >= 0.3 is 0 Å². The summed E-state index contributed by atoms with van der Waals surface area (Å²) in [4.78, 5) is 41.8. The Labute approximate surface area is 268 Å². The fourth-order valence-corrected chi connectivity index (χ4v) is 7.40. The number of hydrogen-bond donors (Lipinski definition) is 1. The Hall–Kier alpha value is -4.84. The van der Waals surface area contributed by atoms with Gasteiger partial charge in [-0.05, 0) is 87.2 Å². The molecule has 1 saturated carbocycles. The number of rotatable bonds is 10. The van der Waals surface area contributed by atoms with Gasteiger partial charge in [-0.15, -0.1) is 0 Å². The Morgan fingerprint density at radius 3 is 2.39 bits per heavy atom. The maximum Gasteiger partial charge on any atom is 0.295 e. The van der Waals surface area contributed by atoms with Crippen molar-refractivity contribution in [3.63, 3.8) is 0 Å². The summed E-state index contributed by atoms with van der Waals surface area (Å²) >= 11 is 0. The minimum absolute atomic E-state index is 0.0248. The highest BCUT2D eigenvalue weighted by Crippen LogP contribution is 2.37. The third-order valence-electron chi connectivity index (χ3n) is 8.80. The molecule has 4 aromatic rings. The van der Waals surface area contributed by atoms with E-state index in [1.807, 2.05) is 25.1 Å². The van der Waals surface area contributed by atoms with Crippen LogP contribution in [0.1, 0.15) is 37.4 Å². The monoisotopic (exact) mass is 643 g/mol. The number of ether oxygens (including phenoxy) is 1. The van der Waals surface area contributed by atoms with Gasteiger partial charge in [-0.2, -0.15) is 0 Å². The molecule has 1 aromatic heterocycles. The van der Waals surface area contributed by atoms with E-state index in [1.54, 1.807) is 66.0 Å². The average Bonchev–Trinajstić information content (AvgIpc) is 3.54. The SMILES string of the molecule is CCOc1ccc(N(CC(=O)Nc2c(C)n(C)n(-c3ccccc3)c2=O)S(=O)(=O)c2ccc3c(c2)N(C(=O)C2CCC2)CC3)cc1. The van der Waals surface area contributed by atoms with E-state index in [1.165, 1.54) is 16.8 Å². The molecule has 2 amide bonds. The topological polar surface area (TPSA) is 123 Å². The first kappa shape index (κ1) is 31.2. The van der Waals surface area contributed by atoms with Crippen LogP contribution in [0.15, 0.2) is 82.5 Å². The molecular formula is C34H37N5O6S. The summed E-state index contributed by atoms with van der Waals surface area (Å²) in [5.74, 6) is -0.131. The van der Waals surface area contributed by atoms with E-state index in [2.05, 4.69) is 5.32 Å². The van der Waals surface area contributed by atoms with Crippen molar-refractivity contribution in [3.8, 4) is 11.4 Å². The fraction of sp³-hybridized carbons (Fsp3) is 0.324. The summed E-state index contributed by atoms with van der Waals surface area (Å²) < 4.78 is 38.3. The second-order valence-electron chi connectivity index (χ2n) is 11.6. The summed E-state index contributed by atoms with van der Waals surface area (Å²) in [6.45, 7) is 3.90. The molecule has 0 atom stereocenters. The summed E-state index contributed by atoms with van der Waals surface area (Å²) in [5.41, 5.74) is 2.49. The van der Waals surface area contributed by atoms with Crippen LogP contribution in [0.2, 0.25) is 0 Å². The standard InChI is InChI=1S/C34H37N5O6S/c1-4-45-28-16-14-26(15-17-28)38(22-31(40)35-32-23(2)36(3)39(34(32)42)27-11-6-5-7-12-27)46(43,44)29-18-13-24-19-20-37(30(24)21-29)33(41)25-9-8-10-25/h5-7,11-18,21,25H,4,8-10,19-20,22H2,1-3H3,(H,35,40). The predicted molar refractivity (Wildman–Crippen MR) is 176 cm³/mol. The minimum atomic E-state index is -4.31. The second kappa shape index (κ2) is 12.5. The van der Waals surface area contributed by atoms with Gasteiger partial charge in [0.1, 0.15) is 18.0 Å². The van der Waals surface area contributed by atoms with Crippen LogP contribution in [-0.4, -0.2) is 49.3 Å². The summed E-state index contributed by atoms with van der Waals surface area (Å²) in [7, 11) is -2.60. The van der Waals surface area contributed by atoms with Crippen molar-refractivity contribution < 1.29 is 22.7 Å². The number of para-hydroxylation sites is 1. The van der Waals surface area contributed by atoms with Crippen LogP contribution < -0.4 is 24.8 Å². The molecule has 0 bridgehead atoms. The van der Waals surface area contributed by atoms with Gasteiger partial charge in [0.05, 0.1) is 28.6 Å². The van der Waals surface area contributed by atoms with Crippen molar-refractivity contribution >= 4 is 38.9 Å². The van der Waals surface area contributed by atoms with Crippen LogP contribution in [0.4, 0.5) is 17.1 Å². The number of sulfonamides is 1.